The number of nitrogens with one attached hydrogen (secondary N) is 1. The van der Waals surface area contributed by atoms with Crippen LogP contribution in [0, 0.1) is 0 Å². The fourth-order valence-corrected chi connectivity index (χ4v) is 5.08. The summed E-state index contributed by atoms with van der Waals surface area (Å²) < 4.78 is 10.6. The lowest BCUT2D eigenvalue weighted by molar-refractivity contribution is -0.143. The van der Waals surface area contributed by atoms with Gasteiger partial charge in [0.1, 0.15) is 5.75 Å². The van der Waals surface area contributed by atoms with E-state index in [0.29, 0.717) is 17.9 Å². The third-order valence-corrected chi connectivity index (χ3v) is 6.96. The molecule has 4 rings (SSSR count). The number of carbonyl (C=O) groups excluding carboxylic acids is 3. The molecule has 1 N–H and O–H groups in total. The first-order valence-corrected chi connectivity index (χ1v) is 11.7. The Hall–Kier alpha value is -3.20. The summed E-state index contributed by atoms with van der Waals surface area (Å²) in [6.45, 7) is 0.730. The number of aromatic nitrogens is 2. The van der Waals surface area contributed by atoms with Gasteiger partial charge in [0, 0.05) is 38.3 Å². The minimum absolute atomic E-state index is 0.0900. The maximum absolute atomic E-state index is 13.7. The maximum Gasteiger partial charge on any atom is 0.241 e. The Morgan fingerprint density at radius 3 is 2.74 bits per heavy atom. The largest absolute Gasteiger partial charge is 0.496 e. The van der Waals surface area contributed by atoms with Crippen LogP contribution in [0.15, 0.2) is 24.3 Å². The number of nitrogens with zero attached hydrogens (tertiary/aromatic N) is 3. The van der Waals surface area contributed by atoms with Gasteiger partial charge in [0.2, 0.25) is 17.7 Å². The van der Waals surface area contributed by atoms with Crippen LogP contribution in [-0.4, -0.2) is 72.1 Å². The quantitative estimate of drug-likeness (QED) is 0.565. The van der Waals surface area contributed by atoms with Crippen molar-refractivity contribution in [2.24, 2.45) is 0 Å². The SMILES string of the molecule is COCCN1C(=O)C[C@@](CC(=O)N(C)Cc2n[nH]c3c2CCCC3)(c2ccccc2OC)C1=O. The molecule has 9 heteroatoms. The molecule has 34 heavy (non-hydrogen) atoms. The number of imide groups is 1. The molecule has 1 aliphatic heterocycles. The van der Waals surface area contributed by atoms with Gasteiger partial charge in [-0.2, -0.15) is 5.10 Å². The molecule has 1 atom stereocenters. The Kier molecular flexibility index (Phi) is 7.02. The van der Waals surface area contributed by atoms with Crippen molar-refractivity contribution in [3.8, 4) is 5.75 Å². The molecule has 1 fully saturated rings. The highest BCUT2D eigenvalue weighted by atomic mass is 16.5. The summed E-state index contributed by atoms with van der Waals surface area (Å²) in [6, 6.07) is 7.10. The van der Waals surface area contributed by atoms with Crippen LogP contribution in [0.5, 0.6) is 5.75 Å². The van der Waals surface area contributed by atoms with Gasteiger partial charge in [-0.25, -0.2) is 0 Å². The molecular formula is C25H32N4O5. The van der Waals surface area contributed by atoms with Gasteiger partial charge in [-0.15, -0.1) is 0 Å². The van der Waals surface area contributed by atoms with Gasteiger partial charge in [-0.3, -0.25) is 24.4 Å². The first kappa shape index (κ1) is 23.9. The summed E-state index contributed by atoms with van der Waals surface area (Å²) in [4.78, 5) is 42.9. The van der Waals surface area contributed by atoms with E-state index >= 15 is 0 Å². The number of fused-ring (bicyclic) bond motifs is 1. The highest BCUT2D eigenvalue weighted by Gasteiger charge is 2.55. The molecule has 0 unspecified atom stereocenters. The number of hydrogen-bond acceptors (Lipinski definition) is 6. The van der Waals surface area contributed by atoms with Gasteiger partial charge in [0.25, 0.3) is 0 Å². The second-order valence-electron chi connectivity index (χ2n) is 9.06. The average molecular weight is 469 g/mol. The molecule has 3 amide bonds. The number of amides is 3. The number of rotatable bonds is 9. The van der Waals surface area contributed by atoms with Crippen molar-refractivity contribution < 1.29 is 23.9 Å². The fraction of sp³-hybridized carbons (Fsp3) is 0.520. The highest BCUT2D eigenvalue weighted by Crippen LogP contribution is 2.44. The van der Waals surface area contributed by atoms with Crippen molar-refractivity contribution >= 4 is 17.7 Å². The van der Waals surface area contributed by atoms with Crippen LogP contribution in [-0.2, 0) is 43.9 Å². The van der Waals surface area contributed by atoms with Crippen LogP contribution in [0.4, 0.5) is 0 Å². The number of aromatic amines is 1. The summed E-state index contributed by atoms with van der Waals surface area (Å²) >= 11 is 0. The Balaban J connectivity index is 1.62. The topological polar surface area (TPSA) is 105 Å². The van der Waals surface area contributed by atoms with E-state index in [-0.39, 0.29) is 37.8 Å². The lowest BCUT2D eigenvalue weighted by atomic mass is 9.75. The minimum Gasteiger partial charge on any atom is -0.496 e. The molecule has 1 saturated heterocycles. The second-order valence-corrected chi connectivity index (χ2v) is 9.06. The molecule has 0 bridgehead atoms. The highest BCUT2D eigenvalue weighted by molar-refractivity contribution is 6.11. The lowest BCUT2D eigenvalue weighted by Crippen LogP contribution is -2.43. The zero-order valence-corrected chi connectivity index (χ0v) is 20.1. The number of hydrogen-bond donors (Lipinski definition) is 1. The third kappa shape index (κ3) is 4.32. The predicted molar refractivity (Wildman–Crippen MR) is 124 cm³/mol. The average Bonchev–Trinajstić information content (AvgIpc) is 3.36. The minimum atomic E-state index is -1.33. The standard InChI is InChI=1S/C25H32N4O5/c1-28(16-20-17-8-4-6-10-19(17)26-27-20)22(30)14-25(18-9-5-7-11-21(18)34-3)15-23(31)29(24(25)32)12-13-33-2/h5,7,9,11H,4,6,8,10,12-16H2,1-3H3,(H,26,27)/t25-/m0/s1. The molecule has 0 radical (unpaired) electrons. The van der Waals surface area contributed by atoms with Crippen molar-refractivity contribution in [1.29, 1.82) is 0 Å². The van der Waals surface area contributed by atoms with Gasteiger partial charge in [-0.05, 0) is 37.3 Å². The number of carbonyl (C=O) groups is 3. The van der Waals surface area contributed by atoms with E-state index in [1.165, 1.54) is 24.7 Å². The number of methoxy groups -OCH3 is 2. The van der Waals surface area contributed by atoms with Gasteiger partial charge in [0.15, 0.2) is 0 Å². The van der Waals surface area contributed by atoms with Crippen LogP contribution in [0.25, 0.3) is 0 Å². The number of benzene rings is 1. The van der Waals surface area contributed by atoms with Crippen LogP contribution in [0.1, 0.15) is 48.2 Å². The monoisotopic (exact) mass is 468 g/mol. The summed E-state index contributed by atoms with van der Waals surface area (Å²) in [5, 5.41) is 7.55. The lowest BCUT2D eigenvalue weighted by Gasteiger charge is -2.30. The molecule has 0 saturated carbocycles. The number of aryl methyl sites for hydroxylation is 1. The van der Waals surface area contributed by atoms with E-state index in [9.17, 15) is 14.4 Å². The van der Waals surface area contributed by atoms with Crippen molar-refractivity contribution in [2.45, 2.75) is 50.5 Å². The molecule has 182 valence electrons. The van der Waals surface area contributed by atoms with Crippen LogP contribution >= 0.6 is 0 Å². The molecule has 2 heterocycles. The number of para-hydroxylation sites is 1. The van der Waals surface area contributed by atoms with E-state index in [2.05, 4.69) is 10.2 Å². The summed E-state index contributed by atoms with van der Waals surface area (Å²) in [6.07, 6.45) is 3.96. The predicted octanol–water partition coefficient (Wildman–Crippen LogP) is 1.99. The molecule has 2 aromatic rings. The van der Waals surface area contributed by atoms with Gasteiger partial charge >= 0.3 is 0 Å². The summed E-state index contributed by atoms with van der Waals surface area (Å²) in [7, 11) is 4.75. The van der Waals surface area contributed by atoms with E-state index in [4.69, 9.17) is 9.47 Å². The first-order valence-electron chi connectivity index (χ1n) is 11.7. The zero-order valence-electron chi connectivity index (χ0n) is 20.1. The van der Waals surface area contributed by atoms with Gasteiger partial charge in [-0.1, -0.05) is 18.2 Å². The van der Waals surface area contributed by atoms with Gasteiger partial charge < -0.3 is 14.4 Å². The second kappa shape index (κ2) is 9.97. The Bertz CT molecular complexity index is 1080. The molecule has 0 spiro atoms. The first-order chi connectivity index (χ1) is 16.4. The number of likely N-dealkylation sites (tertiary alicyclic amines) is 1. The molecule has 1 aliphatic carbocycles. The van der Waals surface area contributed by atoms with Crippen molar-refractivity contribution in [1.82, 2.24) is 20.0 Å². The Morgan fingerprint density at radius 1 is 1.21 bits per heavy atom. The van der Waals surface area contributed by atoms with Crippen molar-refractivity contribution in [3.63, 3.8) is 0 Å². The van der Waals surface area contributed by atoms with E-state index in [1.807, 2.05) is 0 Å². The van der Waals surface area contributed by atoms with Crippen LogP contribution in [0.2, 0.25) is 0 Å². The van der Waals surface area contributed by atoms with E-state index in [1.54, 1.807) is 36.2 Å². The molecule has 1 aromatic heterocycles. The molecule has 1 aromatic carbocycles. The van der Waals surface area contributed by atoms with E-state index < -0.39 is 11.3 Å². The van der Waals surface area contributed by atoms with Gasteiger partial charge in [0.05, 0.1) is 37.9 Å². The number of H-pyrrole nitrogens is 1. The normalized spacial score (nSPS) is 19.9. The maximum atomic E-state index is 13.7. The summed E-state index contributed by atoms with van der Waals surface area (Å²) in [5.41, 5.74) is 2.44. The number of ether oxygens (including phenoxy) is 2. The summed E-state index contributed by atoms with van der Waals surface area (Å²) in [5.74, 6) is -0.454. The van der Waals surface area contributed by atoms with E-state index in [0.717, 1.165) is 37.1 Å². The fourth-order valence-electron chi connectivity index (χ4n) is 5.08. The van der Waals surface area contributed by atoms with Crippen LogP contribution < -0.4 is 4.74 Å². The third-order valence-electron chi connectivity index (χ3n) is 6.96. The smallest absolute Gasteiger partial charge is 0.241 e. The molecule has 9 nitrogen and oxygen atoms in total. The Labute approximate surface area is 199 Å². The van der Waals surface area contributed by atoms with Crippen molar-refractivity contribution in [3.05, 3.63) is 46.8 Å². The molecular weight excluding hydrogens is 436 g/mol. The van der Waals surface area contributed by atoms with Crippen molar-refractivity contribution in [2.75, 3.05) is 34.4 Å². The van der Waals surface area contributed by atoms with Crippen LogP contribution in [0.3, 0.4) is 0 Å². The zero-order chi connectivity index (χ0) is 24.3. The Morgan fingerprint density at radius 2 is 1.97 bits per heavy atom. The molecule has 2 aliphatic rings.